The van der Waals surface area contributed by atoms with Gasteiger partial charge in [0.2, 0.25) is 0 Å². The van der Waals surface area contributed by atoms with E-state index in [2.05, 4.69) is 0 Å². The fourth-order valence-corrected chi connectivity index (χ4v) is 7.38. The van der Waals surface area contributed by atoms with Crippen molar-refractivity contribution in [3.8, 4) is 17.2 Å². The standard InChI is InChI=1S/C30H34O7/c1-14(2)9-10-29-26(33)17-11-18-24(32)22-19(35-16(4)31)13-20-23(27(5,6)15(3)34-20)25(22)36-30(18,29)21(12-17)28(7,8)37-29/h9,11,13,15,17,21H,10,12H2,1-8H3/t15-,17?,21?,29-,30?/m1/s1. The fraction of sp³-hybridized carbons (Fsp3) is 0.567. The average molecular weight is 507 g/mol. The van der Waals surface area contributed by atoms with Gasteiger partial charge in [-0.2, -0.15) is 0 Å². The van der Waals surface area contributed by atoms with E-state index in [-0.39, 0.29) is 34.9 Å². The van der Waals surface area contributed by atoms with E-state index in [1.54, 1.807) is 12.1 Å². The Balaban J connectivity index is 1.68. The SMILES string of the molecule is CC(=O)Oc1cc2c(c3c1C(=O)C1=CC4CC5C(C)(C)O[C@](CC=C(C)C)(C4=O)C15O3)C(C)(C)[C@@H](C)O2. The Bertz CT molecular complexity index is 1360. The third-order valence-electron chi connectivity index (χ3n) is 9.32. The lowest BCUT2D eigenvalue weighted by Crippen LogP contribution is -2.72. The van der Waals surface area contributed by atoms with Crippen LogP contribution in [0.5, 0.6) is 17.2 Å². The van der Waals surface area contributed by atoms with E-state index in [4.69, 9.17) is 18.9 Å². The lowest BCUT2D eigenvalue weighted by atomic mass is 9.51. The van der Waals surface area contributed by atoms with Crippen LogP contribution in [0.4, 0.5) is 0 Å². The van der Waals surface area contributed by atoms with Crippen LogP contribution in [0.2, 0.25) is 0 Å². The van der Waals surface area contributed by atoms with E-state index in [1.165, 1.54) is 6.92 Å². The summed E-state index contributed by atoms with van der Waals surface area (Å²) in [6, 6.07) is 1.63. The molecule has 3 unspecified atom stereocenters. The van der Waals surface area contributed by atoms with E-state index >= 15 is 0 Å². The molecule has 3 heterocycles. The molecule has 1 aromatic carbocycles. The van der Waals surface area contributed by atoms with Crippen molar-refractivity contribution in [1.82, 2.24) is 0 Å². The summed E-state index contributed by atoms with van der Waals surface area (Å²) < 4.78 is 25.6. The topological polar surface area (TPSA) is 88.1 Å². The molecule has 2 fully saturated rings. The molecule has 37 heavy (non-hydrogen) atoms. The molecule has 196 valence electrons. The summed E-state index contributed by atoms with van der Waals surface area (Å²) in [5, 5.41) is 0. The first-order valence-electron chi connectivity index (χ1n) is 13.1. The van der Waals surface area contributed by atoms with Crippen LogP contribution in [-0.4, -0.2) is 40.4 Å². The second kappa shape index (κ2) is 7.13. The van der Waals surface area contributed by atoms with E-state index in [1.807, 2.05) is 54.5 Å². The van der Waals surface area contributed by atoms with Crippen LogP contribution < -0.4 is 14.2 Å². The van der Waals surface area contributed by atoms with Crippen LogP contribution in [0.3, 0.4) is 0 Å². The van der Waals surface area contributed by atoms with Crippen LogP contribution in [0, 0.1) is 11.8 Å². The molecule has 3 aliphatic carbocycles. The molecule has 1 saturated heterocycles. The van der Waals surface area contributed by atoms with Gasteiger partial charge in [0.05, 0.1) is 5.60 Å². The first-order chi connectivity index (χ1) is 17.2. The van der Waals surface area contributed by atoms with Crippen LogP contribution in [0.1, 0.15) is 84.2 Å². The second-order valence-electron chi connectivity index (χ2n) is 12.6. The van der Waals surface area contributed by atoms with Crippen molar-refractivity contribution in [3.05, 3.63) is 40.5 Å². The number of benzene rings is 1. The Morgan fingerprint density at radius 3 is 2.51 bits per heavy atom. The number of rotatable bonds is 3. The third-order valence-corrected chi connectivity index (χ3v) is 9.32. The van der Waals surface area contributed by atoms with Crippen molar-refractivity contribution in [3.63, 3.8) is 0 Å². The van der Waals surface area contributed by atoms with Gasteiger partial charge >= 0.3 is 5.97 Å². The van der Waals surface area contributed by atoms with Crippen LogP contribution >= 0.6 is 0 Å². The van der Waals surface area contributed by atoms with Gasteiger partial charge in [-0.25, -0.2) is 0 Å². The zero-order chi connectivity index (χ0) is 26.9. The number of esters is 1. The van der Waals surface area contributed by atoms with Crippen molar-refractivity contribution in [1.29, 1.82) is 0 Å². The van der Waals surface area contributed by atoms with Gasteiger partial charge in [-0.05, 0) is 41.0 Å². The number of carbonyl (C=O) groups is 3. The minimum absolute atomic E-state index is 0.0384. The molecule has 3 aliphatic heterocycles. The second-order valence-corrected chi connectivity index (χ2v) is 12.6. The predicted octanol–water partition coefficient (Wildman–Crippen LogP) is 5.03. The Morgan fingerprint density at radius 2 is 1.86 bits per heavy atom. The summed E-state index contributed by atoms with van der Waals surface area (Å²) in [5.41, 5.74) is -1.36. The molecule has 7 rings (SSSR count). The lowest BCUT2D eigenvalue weighted by molar-refractivity contribution is -0.171. The van der Waals surface area contributed by atoms with Gasteiger partial charge in [0.25, 0.3) is 0 Å². The molecule has 1 spiro atoms. The Morgan fingerprint density at radius 1 is 1.16 bits per heavy atom. The first kappa shape index (κ1) is 24.4. The maximum absolute atomic E-state index is 14.5. The highest BCUT2D eigenvalue weighted by Crippen LogP contribution is 2.69. The fourth-order valence-electron chi connectivity index (χ4n) is 7.38. The number of ketones is 2. The van der Waals surface area contributed by atoms with Gasteiger partial charge in [0.1, 0.15) is 28.9 Å². The summed E-state index contributed by atoms with van der Waals surface area (Å²) in [7, 11) is 0. The number of hydrogen-bond acceptors (Lipinski definition) is 7. The minimum atomic E-state index is -1.33. The van der Waals surface area contributed by atoms with Gasteiger partial charge in [-0.3, -0.25) is 14.4 Å². The minimum Gasteiger partial charge on any atom is -0.489 e. The zero-order valence-corrected chi connectivity index (χ0v) is 22.7. The van der Waals surface area contributed by atoms with Gasteiger partial charge in [0, 0.05) is 47.8 Å². The molecule has 7 nitrogen and oxygen atoms in total. The first-order valence-corrected chi connectivity index (χ1v) is 13.1. The summed E-state index contributed by atoms with van der Waals surface area (Å²) in [6.45, 7) is 15.3. The number of ether oxygens (including phenoxy) is 4. The molecular weight excluding hydrogens is 472 g/mol. The smallest absolute Gasteiger partial charge is 0.308 e. The van der Waals surface area contributed by atoms with Gasteiger partial charge in [-0.1, -0.05) is 31.6 Å². The highest BCUT2D eigenvalue weighted by Gasteiger charge is 2.81. The van der Waals surface area contributed by atoms with Crippen molar-refractivity contribution in [2.45, 2.75) is 96.6 Å². The molecule has 7 heteroatoms. The Kier molecular flexibility index (Phi) is 4.70. The molecule has 0 N–H and O–H groups in total. The highest BCUT2D eigenvalue weighted by molar-refractivity contribution is 6.18. The van der Waals surface area contributed by atoms with Gasteiger partial charge < -0.3 is 18.9 Å². The monoisotopic (exact) mass is 506 g/mol. The van der Waals surface area contributed by atoms with Crippen molar-refractivity contribution < 1.29 is 33.3 Å². The van der Waals surface area contributed by atoms with Crippen molar-refractivity contribution in [2.24, 2.45) is 11.8 Å². The Labute approximate surface area is 217 Å². The molecule has 6 aliphatic rings. The van der Waals surface area contributed by atoms with Crippen LogP contribution in [0.25, 0.3) is 0 Å². The maximum atomic E-state index is 14.5. The van der Waals surface area contributed by atoms with Crippen LogP contribution in [0.15, 0.2) is 29.4 Å². The molecule has 4 bridgehead atoms. The largest absolute Gasteiger partial charge is 0.489 e. The molecule has 1 aromatic rings. The van der Waals surface area contributed by atoms with E-state index in [0.29, 0.717) is 29.9 Å². The van der Waals surface area contributed by atoms with Crippen molar-refractivity contribution >= 4 is 17.5 Å². The normalized spacial score (nSPS) is 35.0. The molecule has 1 saturated carbocycles. The van der Waals surface area contributed by atoms with Gasteiger partial charge in [-0.15, -0.1) is 0 Å². The summed E-state index contributed by atoms with van der Waals surface area (Å²) in [5.74, 6) is -0.540. The predicted molar refractivity (Wildman–Crippen MR) is 135 cm³/mol. The third kappa shape index (κ3) is 2.78. The quantitative estimate of drug-likeness (QED) is 0.323. The molecule has 0 amide bonds. The summed E-state index contributed by atoms with van der Waals surface area (Å²) >= 11 is 0. The Hall–Kier alpha value is -2.93. The summed E-state index contributed by atoms with van der Waals surface area (Å²) in [6.07, 6.45) is 4.44. The molecule has 0 aromatic heterocycles. The van der Waals surface area contributed by atoms with E-state index in [0.717, 1.165) is 11.1 Å². The van der Waals surface area contributed by atoms with E-state index in [9.17, 15) is 14.4 Å². The number of fused-ring (bicyclic) bond motifs is 3. The average Bonchev–Trinajstić information content (AvgIpc) is 3.10. The number of allylic oxidation sites excluding steroid dienone is 2. The van der Waals surface area contributed by atoms with Crippen molar-refractivity contribution in [2.75, 3.05) is 0 Å². The van der Waals surface area contributed by atoms with Crippen LogP contribution in [-0.2, 0) is 19.7 Å². The molecule has 0 radical (unpaired) electrons. The number of carbonyl (C=O) groups excluding carboxylic acids is 3. The van der Waals surface area contributed by atoms with Gasteiger partial charge in [0.15, 0.2) is 22.8 Å². The van der Waals surface area contributed by atoms with E-state index < -0.39 is 34.1 Å². The number of Topliss-reactive ketones (excluding diaryl/α,β-unsaturated/α-hetero) is 2. The highest BCUT2D eigenvalue weighted by atomic mass is 16.6. The summed E-state index contributed by atoms with van der Waals surface area (Å²) in [4.78, 5) is 40.6. The molecule has 5 atom stereocenters. The zero-order valence-electron chi connectivity index (χ0n) is 22.7. The maximum Gasteiger partial charge on any atom is 0.308 e. The molecular formula is C30H34O7. The number of hydrogen-bond donors (Lipinski definition) is 0. The lowest BCUT2D eigenvalue weighted by Gasteiger charge is -2.56.